The Morgan fingerprint density at radius 1 is 1.19 bits per heavy atom. The number of benzene rings is 1. The molecule has 5 nitrogen and oxygen atoms in total. The molecule has 2 heterocycles. The van der Waals surface area contributed by atoms with Crippen molar-refractivity contribution in [1.82, 2.24) is 14.7 Å². The van der Waals surface area contributed by atoms with E-state index in [1.165, 1.54) is 0 Å². The highest BCUT2D eigenvalue weighted by Crippen LogP contribution is 2.25. The van der Waals surface area contributed by atoms with E-state index in [0.717, 1.165) is 28.7 Å². The van der Waals surface area contributed by atoms with Crippen LogP contribution in [-0.2, 0) is 0 Å². The molecule has 2 aromatic heterocycles. The summed E-state index contributed by atoms with van der Waals surface area (Å²) < 4.78 is 7.26. The molecule has 0 bridgehead atoms. The fraction of sp³-hybridized carbons (Fsp3) is 0.250. The van der Waals surface area contributed by atoms with E-state index in [-0.39, 0.29) is 6.04 Å². The highest BCUT2D eigenvalue weighted by Gasteiger charge is 2.18. The number of nitrogens with zero attached hydrogens (tertiary/aromatic N) is 3. The van der Waals surface area contributed by atoms with Gasteiger partial charge in [0.2, 0.25) is 5.95 Å². The summed E-state index contributed by atoms with van der Waals surface area (Å²) in [7, 11) is 0. The highest BCUT2D eigenvalue weighted by molar-refractivity contribution is 5.43. The summed E-state index contributed by atoms with van der Waals surface area (Å²) in [6, 6.07) is 10.2. The van der Waals surface area contributed by atoms with Gasteiger partial charge in [0.1, 0.15) is 5.76 Å². The molecule has 1 atom stereocenters. The maximum absolute atomic E-state index is 5.23. The molecule has 0 aliphatic rings. The van der Waals surface area contributed by atoms with Crippen LogP contribution in [0.3, 0.4) is 0 Å². The van der Waals surface area contributed by atoms with Gasteiger partial charge >= 0.3 is 0 Å². The standard InChI is InChI=1S/C16H18N4O/c1-11(15-12(2)19-21-13(15)3)18-16-17-9-10-20(16)14-7-5-4-6-8-14/h4-11H,1-3H3,(H,17,18). The number of imidazole rings is 1. The van der Waals surface area contributed by atoms with Gasteiger partial charge in [0.05, 0.1) is 11.7 Å². The van der Waals surface area contributed by atoms with E-state index in [4.69, 9.17) is 4.52 Å². The van der Waals surface area contributed by atoms with E-state index in [0.29, 0.717) is 0 Å². The number of anilines is 1. The zero-order valence-corrected chi connectivity index (χ0v) is 12.4. The molecule has 21 heavy (non-hydrogen) atoms. The van der Waals surface area contributed by atoms with Crippen molar-refractivity contribution in [3.05, 3.63) is 59.7 Å². The number of para-hydroxylation sites is 1. The number of aryl methyl sites for hydroxylation is 2. The predicted molar refractivity (Wildman–Crippen MR) is 81.6 cm³/mol. The van der Waals surface area contributed by atoms with E-state index in [1.54, 1.807) is 6.20 Å². The average Bonchev–Trinajstić information content (AvgIpc) is 3.07. The molecule has 0 fully saturated rings. The quantitative estimate of drug-likeness (QED) is 0.793. The summed E-state index contributed by atoms with van der Waals surface area (Å²) in [5, 5.41) is 7.43. The Morgan fingerprint density at radius 2 is 1.95 bits per heavy atom. The Bertz CT molecular complexity index is 710. The third-order valence-electron chi connectivity index (χ3n) is 3.54. The number of nitrogens with one attached hydrogen (secondary N) is 1. The van der Waals surface area contributed by atoms with Crippen molar-refractivity contribution >= 4 is 5.95 Å². The lowest BCUT2D eigenvalue weighted by atomic mass is 10.1. The Balaban J connectivity index is 1.88. The maximum Gasteiger partial charge on any atom is 0.207 e. The Labute approximate surface area is 123 Å². The normalized spacial score (nSPS) is 12.3. The summed E-state index contributed by atoms with van der Waals surface area (Å²) >= 11 is 0. The minimum Gasteiger partial charge on any atom is -0.361 e. The molecule has 0 amide bonds. The summed E-state index contributed by atoms with van der Waals surface area (Å²) in [5.74, 6) is 1.64. The van der Waals surface area contributed by atoms with E-state index in [1.807, 2.05) is 54.9 Å². The van der Waals surface area contributed by atoms with Crippen LogP contribution in [0.5, 0.6) is 0 Å². The minimum absolute atomic E-state index is 0.0705. The van der Waals surface area contributed by atoms with Crippen LogP contribution in [0.15, 0.2) is 47.2 Å². The smallest absolute Gasteiger partial charge is 0.207 e. The summed E-state index contributed by atoms with van der Waals surface area (Å²) in [5.41, 5.74) is 3.06. The van der Waals surface area contributed by atoms with Crippen molar-refractivity contribution in [3.8, 4) is 5.69 Å². The molecular formula is C16H18N4O. The van der Waals surface area contributed by atoms with E-state index < -0.39 is 0 Å². The van der Waals surface area contributed by atoms with Crippen LogP contribution in [0.4, 0.5) is 5.95 Å². The predicted octanol–water partition coefficient (Wildman–Crippen LogP) is 3.65. The van der Waals surface area contributed by atoms with Crippen LogP contribution >= 0.6 is 0 Å². The molecule has 1 unspecified atom stereocenters. The first-order valence-corrected chi connectivity index (χ1v) is 6.95. The van der Waals surface area contributed by atoms with Crippen LogP contribution in [0.1, 0.15) is 30.0 Å². The second-order valence-electron chi connectivity index (χ2n) is 5.06. The van der Waals surface area contributed by atoms with Crippen LogP contribution in [0, 0.1) is 13.8 Å². The van der Waals surface area contributed by atoms with Crippen molar-refractivity contribution in [2.24, 2.45) is 0 Å². The fourth-order valence-electron chi connectivity index (χ4n) is 2.58. The fourth-order valence-corrected chi connectivity index (χ4v) is 2.58. The number of hydrogen-bond acceptors (Lipinski definition) is 4. The SMILES string of the molecule is Cc1noc(C)c1C(C)Nc1nccn1-c1ccccc1. The summed E-state index contributed by atoms with van der Waals surface area (Å²) in [4.78, 5) is 4.40. The van der Waals surface area contributed by atoms with Crippen molar-refractivity contribution in [3.63, 3.8) is 0 Å². The molecule has 1 aromatic carbocycles. The third kappa shape index (κ3) is 2.54. The second kappa shape index (κ2) is 5.44. The number of rotatable bonds is 4. The molecule has 3 aromatic rings. The maximum atomic E-state index is 5.23. The molecule has 0 saturated carbocycles. The molecular weight excluding hydrogens is 264 g/mol. The molecule has 0 radical (unpaired) electrons. The van der Waals surface area contributed by atoms with Gasteiger partial charge in [-0.2, -0.15) is 0 Å². The lowest BCUT2D eigenvalue weighted by molar-refractivity contribution is 0.392. The van der Waals surface area contributed by atoms with E-state index in [9.17, 15) is 0 Å². The zero-order chi connectivity index (χ0) is 14.8. The molecule has 1 N–H and O–H groups in total. The van der Waals surface area contributed by atoms with E-state index >= 15 is 0 Å². The zero-order valence-electron chi connectivity index (χ0n) is 12.4. The van der Waals surface area contributed by atoms with Gasteiger partial charge in [-0.05, 0) is 32.9 Å². The van der Waals surface area contributed by atoms with Gasteiger partial charge < -0.3 is 9.84 Å². The van der Waals surface area contributed by atoms with E-state index in [2.05, 4.69) is 22.4 Å². The van der Waals surface area contributed by atoms with Crippen LogP contribution in [0.25, 0.3) is 5.69 Å². The first-order valence-electron chi connectivity index (χ1n) is 6.95. The van der Waals surface area contributed by atoms with Gasteiger partial charge in [0.25, 0.3) is 0 Å². The van der Waals surface area contributed by atoms with Gasteiger partial charge in [-0.3, -0.25) is 4.57 Å². The minimum atomic E-state index is 0.0705. The van der Waals surface area contributed by atoms with Crippen molar-refractivity contribution in [1.29, 1.82) is 0 Å². The monoisotopic (exact) mass is 282 g/mol. The van der Waals surface area contributed by atoms with Crippen LogP contribution in [0.2, 0.25) is 0 Å². The van der Waals surface area contributed by atoms with Gasteiger partial charge in [-0.15, -0.1) is 0 Å². The lowest BCUT2D eigenvalue weighted by Crippen LogP contribution is -2.12. The largest absolute Gasteiger partial charge is 0.361 e. The third-order valence-corrected chi connectivity index (χ3v) is 3.54. The highest BCUT2D eigenvalue weighted by atomic mass is 16.5. The summed E-state index contributed by atoms with van der Waals surface area (Å²) in [6.07, 6.45) is 3.73. The molecule has 5 heteroatoms. The molecule has 3 rings (SSSR count). The van der Waals surface area contributed by atoms with Gasteiger partial charge in [-0.1, -0.05) is 23.4 Å². The first kappa shape index (κ1) is 13.4. The van der Waals surface area contributed by atoms with Crippen molar-refractivity contribution in [2.75, 3.05) is 5.32 Å². The van der Waals surface area contributed by atoms with Crippen LogP contribution in [-0.4, -0.2) is 14.7 Å². The molecule has 0 aliphatic carbocycles. The Kier molecular flexibility index (Phi) is 3.48. The molecule has 0 saturated heterocycles. The molecule has 108 valence electrons. The Morgan fingerprint density at radius 3 is 2.62 bits per heavy atom. The number of aromatic nitrogens is 3. The topological polar surface area (TPSA) is 55.9 Å². The van der Waals surface area contributed by atoms with Gasteiger partial charge in [0.15, 0.2) is 0 Å². The molecule has 0 aliphatic heterocycles. The summed E-state index contributed by atoms with van der Waals surface area (Å²) in [6.45, 7) is 5.96. The van der Waals surface area contributed by atoms with Gasteiger partial charge in [0, 0.05) is 23.6 Å². The average molecular weight is 282 g/mol. The second-order valence-corrected chi connectivity index (χ2v) is 5.06. The van der Waals surface area contributed by atoms with Crippen molar-refractivity contribution in [2.45, 2.75) is 26.8 Å². The Hall–Kier alpha value is -2.56. The number of hydrogen-bond donors (Lipinski definition) is 1. The first-order chi connectivity index (χ1) is 10.2. The van der Waals surface area contributed by atoms with Crippen LogP contribution < -0.4 is 5.32 Å². The van der Waals surface area contributed by atoms with Gasteiger partial charge in [-0.25, -0.2) is 4.98 Å². The van der Waals surface area contributed by atoms with Crippen molar-refractivity contribution < 1.29 is 4.52 Å². The lowest BCUT2D eigenvalue weighted by Gasteiger charge is -2.16. The molecule has 0 spiro atoms.